The van der Waals surface area contributed by atoms with Gasteiger partial charge in [0, 0.05) is 36.8 Å². The average Bonchev–Trinajstić information content (AvgIpc) is 2.89. The Morgan fingerprint density at radius 2 is 2.30 bits per heavy atom. The highest BCUT2D eigenvalue weighted by Gasteiger charge is 2.30. The predicted molar refractivity (Wildman–Crippen MR) is 93.7 cm³/mol. The van der Waals surface area contributed by atoms with Crippen LogP contribution >= 0.6 is 11.3 Å². The molecule has 0 aromatic carbocycles. The summed E-state index contributed by atoms with van der Waals surface area (Å²) < 4.78 is 5.50. The van der Waals surface area contributed by atoms with Crippen molar-refractivity contribution in [2.75, 3.05) is 13.1 Å². The van der Waals surface area contributed by atoms with Crippen LogP contribution in [0.5, 0.6) is 0 Å². The number of ether oxygens (including phenoxy) is 1. The Morgan fingerprint density at radius 3 is 2.91 bits per heavy atom. The van der Waals surface area contributed by atoms with Gasteiger partial charge in [-0.15, -0.1) is 11.3 Å². The maximum Gasteiger partial charge on any atom is 0.410 e. The van der Waals surface area contributed by atoms with Crippen molar-refractivity contribution >= 4 is 17.4 Å². The molecule has 0 saturated carbocycles. The Morgan fingerprint density at radius 1 is 1.57 bits per heavy atom. The molecule has 1 amide bonds. The zero-order valence-electron chi connectivity index (χ0n) is 14.9. The van der Waals surface area contributed by atoms with Crippen molar-refractivity contribution in [3.63, 3.8) is 0 Å². The molecule has 2 rings (SSSR count). The highest BCUT2D eigenvalue weighted by Crippen LogP contribution is 2.22. The summed E-state index contributed by atoms with van der Waals surface area (Å²) in [5.74, 6) is 0.456. The summed E-state index contributed by atoms with van der Waals surface area (Å²) in [5.41, 5.74) is -0.434. The van der Waals surface area contributed by atoms with Crippen LogP contribution in [0.1, 0.15) is 50.4 Å². The minimum atomic E-state index is -0.434. The Balaban J connectivity index is 1.83. The van der Waals surface area contributed by atoms with E-state index in [0.29, 0.717) is 12.0 Å². The second-order valence-corrected chi connectivity index (χ2v) is 8.68. The van der Waals surface area contributed by atoms with Crippen LogP contribution in [0.25, 0.3) is 0 Å². The summed E-state index contributed by atoms with van der Waals surface area (Å²) in [6, 6.07) is 0.351. The van der Waals surface area contributed by atoms with E-state index in [-0.39, 0.29) is 6.09 Å². The summed E-state index contributed by atoms with van der Waals surface area (Å²) in [5, 5.41) is 4.68. The molecule has 1 aromatic rings. The van der Waals surface area contributed by atoms with Crippen LogP contribution in [0.4, 0.5) is 4.79 Å². The minimum absolute atomic E-state index is 0.190. The van der Waals surface area contributed by atoms with Crippen molar-refractivity contribution in [2.24, 2.45) is 5.92 Å². The fourth-order valence-corrected chi connectivity index (χ4v) is 3.55. The monoisotopic (exact) mass is 339 g/mol. The van der Waals surface area contributed by atoms with E-state index in [1.807, 2.05) is 31.9 Å². The number of nitrogens with one attached hydrogen (secondary N) is 1. The third-order valence-corrected chi connectivity index (χ3v) is 4.97. The van der Waals surface area contributed by atoms with E-state index in [9.17, 15) is 4.79 Å². The van der Waals surface area contributed by atoms with E-state index < -0.39 is 5.60 Å². The number of carbonyl (C=O) groups is 1. The number of rotatable bonds is 4. The van der Waals surface area contributed by atoms with Crippen LogP contribution in [0.3, 0.4) is 0 Å². The molecular weight excluding hydrogens is 310 g/mol. The van der Waals surface area contributed by atoms with Crippen molar-refractivity contribution in [3.05, 3.63) is 16.1 Å². The molecular formula is C17H29N3O2S. The summed E-state index contributed by atoms with van der Waals surface area (Å²) in [6.07, 6.45) is 3.90. The Bertz CT molecular complexity index is 524. The second kappa shape index (κ2) is 7.62. The Hall–Kier alpha value is -1.14. The van der Waals surface area contributed by atoms with E-state index in [1.54, 1.807) is 11.3 Å². The van der Waals surface area contributed by atoms with Gasteiger partial charge in [-0.05, 0) is 53.4 Å². The third kappa shape index (κ3) is 5.77. The lowest BCUT2D eigenvalue weighted by Crippen LogP contribution is -2.47. The van der Waals surface area contributed by atoms with Crippen LogP contribution < -0.4 is 5.32 Å². The van der Waals surface area contributed by atoms with Crippen molar-refractivity contribution in [3.8, 4) is 0 Å². The van der Waals surface area contributed by atoms with Crippen molar-refractivity contribution in [1.29, 1.82) is 0 Å². The maximum atomic E-state index is 12.2. The molecule has 5 nitrogen and oxygen atoms in total. The number of likely N-dealkylation sites (tertiary alicyclic amines) is 1. The topological polar surface area (TPSA) is 54.5 Å². The molecule has 0 bridgehead atoms. The van der Waals surface area contributed by atoms with Crippen LogP contribution in [0.2, 0.25) is 0 Å². The van der Waals surface area contributed by atoms with Crippen LogP contribution in [-0.2, 0) is 11.3 Å². The molecule has 1 N–H and O–H groups in total. The first kappa shape index (κ1) is 18.2. The van der Waals surface area contributed by atoms with Gasteiger partial charge in [0.15, 0.2) is 0 Å². The zero-order chi connectivity index (χ0) is 17.0. The van der Waals surface area contributed by atoms with Gasteiger partial charge in [-0.3, -0.25) is 0 Å². The van der Waals surface area contributed by atoms with E-state index in [4.69, 9.17) is 4.74 Å². The standard InChI is InChI=1S/C17H29N3O2S/c1-12-9-19-15(23-12)10-18-13(2)14-7-6-8-20(11-14)16(21)22-17(3,4)5/h9,13-14,18H,6-8,10-11H2,1-5H3/t13-,14-/m0/s1. The lowest BCUT2D eigenvalue weighted by molar-refractivity contribution is 0.0148. The number of hydrogen-bond donors (Lipinski definition) is 1. The normalized spacial score (nSPS) is 20.4. The molecule has 1 saturated heterocycles. The molecule has 1 aromatic heterocycles. The molecule has 1 aliphatic rings. The molecule has 1 aliphatic heterocycles. The van der Waals surface area contributed by atoms with Gasteiger partial charge in [-0.2, -0.15) is 0 Å². The molecule has 1 fully saturated rings. The zero-order valence-corrected chi connectivity index (χ0v) is 15.7. The van der Waals surface area contributed by atoms with Gasteiger partial charge in [-0.1, -0.05) is 0 Å². The first-order chi connectivity index (χ1) is 10.7. The van der Waals surface area contributed by atoms with E-state index >= 15 is 0 Å². The van der Waals surface area contributed by atoms with E-state index in [2.05, 4.69) is 24.1 Å². The molecule has 6 heteroatoms. The number of piperidine rings is 1. The van der Waals surface area contributed by atoms with Crippen LogP contribution in [-0.4, -0.2) is 40.7 Å². The SMILES string of the molecule is Cc1cnc(CN[C@@H](C)[C@H]2CCCN(C(=O)OC(C)(C)C)C2)s1. The lowest BCUT2D eigenvalue weighted by Gasteiger charge is -2.36. The predicted octanol–water partition coefficient (Wildman–Crippen LogP) is 3.58. The van der Waals surface area contributed by atoms with Crippen molar-refractivity contribution in [1.82, 2.24) is 15.2 Å². The fourth-order valence-electron chi connectivity index (χ4n) is 2.81. The number of hydrogen-bond acceptors (Lipinski definition) is 5. The smallest absolute Gasteiger partial charge is 0.410 e. The summed E-state index contributed by atoms with van der Waals surface area (Å²) in [6.45, 7) is 12.4. The molecule has 130 valence electrons. The van der Waals surface area contributed by atoms with E-state index in [1.165, 1.54) is 4.88 Å². The molecule has 0 radical (unpaired) electrons. The largest absolute Gasteiger partial charge is 0.444 e. The van der Waals surface area contributed by atoms with Gasteiger partial charge in [0.1, 0.15) is 10.6 Å². The van der Waals surface area contributed by atoms with Gasteiger partial charge in [-0.25, -0.2) is 9.78 Å². The highest BCUT2D eigenvalue weighted by molar-refractivity contribution is 7.11. The van der Waals surface area contributed by atoms with E-state index in [0.717, 1.165) is 37.5 Å². The fraction of sp³-hybridized carbons (Fsp3) is 0.765. The molecule has 0 unspecified atom stereocenters. The van der Waals surface area contributed by atoms with Gasteiger partial charge in [0.05, 0.1) is 0 Å². The van der Waals surface area contributed by atoms with Crippen LogP contribution in [0.15, 0.2) is 6.20 Å². The quantitative estimate of drug-likeness (QED) is 0.911. The maximum absolute atomic E-state index is 12.2. The van der Waals surface area contributed by atoms with Crippen molar-refractivity contribution in [2.45, 2.75) is 65.6 Å². The second-order valence-electron chi connectivity index (χ2n) is 7.36. The Labute approximate surface area is 143 Å². The van der Waals surface area contributed by atoms with Crippen molar-refractivity contribution < 1.29 is 9.53 Å². The molecule has 23 heavy (non-hydrogen) atoms. The third-order valence-electron chi connectivity index (χ3n) is 4.06. The van der Waals surface area contributed by atoms with Gasteiger partial charge < -0.3 is 15.0 Å². The first-order valence-corrected chi connectivity index (χ1v) is 9.19. The lowest BCUT2D eigenvalue weighted by atomic mass is 9.92. The number of thiazole rings is 1. The summed E-state index contributed by atoms with van der Waals surface area (Å²) >= 11 is 1.73. The summed E-state index contributed by atoms with van der Waals surface area (Å²) in [4.78, 5) is 19.7. The van der Waals surface area contributed by atoms with Gasteiger partial charge in [0.2, 0.25) is 0 Å². The van der Waals surface area contributed by atoms with Gasteiger partial charge in [0.25, 0.3) is 0 Å². The molecule has 0 aliphatic carbocycles. The number of nitrogens with zero attached hydrogens (tertiary/aromatic N) is 2. The number of aromatic nitrogens is 1. The number of aryl methyl sites for hydroxylation is 1. The summed E-state index contributed by atoms with van der Waals surface area (Å²) in [7, 11) is 0. The number of amides is 1. The molecule has 2 atom stereocenters. The van der Waals surface area contributed by atoms with Gasteiger partial charge >= 0.3 is 6.09 Å². The number of carbonyl (C=O) groups excluding carboxylic acids is 1. The minimum Gasteiger partial charge on any atom is -0.444 e. The highest BCUT2D eigenvalue weighted by atomic mass is 32.1. The first-order valence-electron chi connectivity index (χ1n) is 8.37. The average molecular weight is 340 g/mol. The molecule has 2 heterocycles. The van der Waals surface area contributed by atoms with Crippen LogP contribution in [0, 0.1) is 12.8 Å². The molecule has 0 spiro atoms. The Kier molecular flexibility index (Phi) is 6.03.